The van der Waals surface area contributed by atoms with Gasteiger partial charge in [0.1, 0.15) is 12.7 Å². The van der Waals surface area contributed by atoms with Crippen LogP contribution in [0.15, 0.2) is 18.3 Å². The highest BCUT2D eigenvalue weighted by Gasteiger charge is 2.22. The van der Waals surface area contributed by atoms with E-state index in [-0.39, 0.29) is 0 Å². The van der Waals surface area contributed by atoms with Crippen molar-refractivity contribution in [2.45, 2.75) is 6.10 Å². The molecule has 0 aliphatic carbocycles. The predicted octanol–water partition coefficient (Wildman–Crippen LogP) is 0.0658. The Morgan fingerprint density at radius 3 is 3.00 bits per heavy atom. The molecule has 0 saturated carbocycles. The van der Waals surface area contributed by atoms with Gasteiger partial charge in [-0.1, -0.05) is 0 Å². The number of β-amino-alcohol motifs (C(OH)–C–C–N with tert-alkyl or cyclic N) is 1. The van der Waals surface area contributed by atoms with Crippen molar-refractivity contribution in [3.8, 4) is 6.07 Å². The second-order valence-corrected chi connectivity index (χ2v) is 3.03. The summed E-state index contributed by atoms with van der Waals surface area (Å²) >= 11 is 0. The molecule has 0 spiro atoms. The first-order valence-electron chi connectivity index (χ1n) is 4.24. The fourth-order valence-corrected chi connectivity index (χ4v) is 1.23. The van der Waals surface area contributed by atoms with Gasteiger partial charge in [-0.3, -0.25) is 4.84 Å². The molecule has 5 heteroatoms. The van der Waals surface area contributed by atoms with Crippen molar-refractivity contribution < 1.29 is 9.94 Å². The van der Waals surface area contributed by atoms with Crippen LogP contribution in [0.2, 0.25) is 0 Å². The van der Waals surface area contributed by atoms with E-state index in [2.05, 4.69) is 4.98 Å². The molecule has 2 heterocycles. The molecule has 1 unspecified atom stereocenters. The largest absolute Gasteiger partial charge is 0.389 e. The summed E-state index contributed by atoms with van der Waals surface area (Å²) in [7, 11) is 0. The van der Waals surface area contributed by atoms with Crippen molar-refractivity contribution in [1.82, 2.24) is 4.98 Å². The minimum absolute atomic E-state index is 0.293. The van der Waals surface area contributed by atoms with Gasteiger partial charge in [-0.15, -0.1) is 0 Å². The van der Waals surface area contributed by atoms with E-state index in [1.165, 1.54) is 11.3 Å². The van der Waals surface area contributed by atoms with Crippen LogP contribution < -0.4 is 5.06 Å². The Balaban J connectivity index is 2.14. The molecule has 1 aliphatic heterocycles. The highest BCUT2D eigenvalue weighted by molar-refractivity contribution is 5.40. The Morgan fingerprint density at radius 2 is 2.50 bits per heavy atom. The zero-order valence-corrected chi connectivity index (χ0v) is 7.42. The third-order valence-corrected chi connectivity index (χ3v) is 1.93. The maximum atomic E-state index is 9.21. The van der Waals surface area contributed by atoms with E-state index in [0.29, 0.717) is 24.5 Å². The number of anilines is 1. The Hall–Kier alpha value is -1.64. The minimum Gasteiger partial charge on any atom is -0.389 e. The molecular formula is C9H9N3O2. The molecule has 5 nitrogen and oxygen atoms in total. The van der Waals surface area contributed by atoms with Gasteiger partial charge in [-0.05, 0) is 12.1 Å². The average Bonchev–Trinajstić information content (AvgIpc) is 2.65. The van der Waals surface area contributed by atoms with E-state index < -0.39 is 6.10 Å². The van der Waals surface area contributed by atoms with E-state index in [0.717, 1.165) is 0 Å². The third kappa shape index (κ3) is 1.66. The number of pyridine rings is 1. The normalized spacial score (nSPS) is 20.9. The number of hydrogen-bond donors (Lipinski definition) is 1. The molecule has 1 N–H and O–H groups in total. The quantitative estimate of drug-likeness (QED) is 0.680. The topological polar surface area (TPSA) is 69.4 Å². The zero-order valence-electron chi connectivity index (χ0n) is 7.42. The first-order valence-corrected chi connectivity index (χ1v) is 4.24. The van der Waals surface area contributed by atoms with Crippen LogP contribution >= 0.6 is 0 Å². The van der Waals surface area contributed by atoms with Crippen LogP contribution in [-0.4, -0.2) is 29.3 Å². The number of hydrogen-bond acceptors (Lipinski definition) is 5. The van der Waals surface area contributed by atoms with Gasteiger partial charge in [-0.25, -0.2) is 10.0 Å². The predicted molar refractivity (Wildman–Crippen MR) is 48.3 cm³/mol. The Morgan fingerprint density at radius 1 is 1.64 bits per heavy atom. The standard InChI is InChI=1S/C9H9N3O2/c10-3-7-1-2-9(11-4-7)12-5-8(13)6-14-12/h1-2,4,8,13H,5-6H2. The van der Waals surface area contributed by atoms with Crippen LogP contribution in [-0.2, 0) is 4.84 Å². The van der Waals surface area contributed by atoms with Crippen molar-refractivity contribution in [3.05, 3.63) is 23.9 Å². The fraction of sp³-hybridized carbons (Fsp3) is 0.333. The van der Waals surface area contributed by atoms with E-state index in [4.69, 9.17) is 10.1 Å². The molecule has 0 amide bonds. The highest BCUT2D eigenvalue weighted by atomic mass is 16.7. The molecular weight excluding hydrogens is 182 g/mol. The summed E-state index contributed by atoms with van der Waals surface area (Å²) in [5.74, 6) is 0.612. The molecule has 1 aromatic rings. The first kappa shape index (κ1) is 8.94. The summed E-state index contributed by atoms with van der Waals surface area (Å²) in [5.41, 5.74) is 0.508. The van der Waals surface area contributed by atoms with Gasteiger partial charge in [0.2, 0.25) is 0 Å². The van der Waals surface area contributed by atoms with Crippen molar-refractivity contribution in [2.75, 3.05) is 18.2 Å². The molecule has 1 atom stereocenters. The van der Waals surface area contributed by atoms with Gasteiger partial charge < -0.3 is 5.11 Å². The lowest BCUT2D eigenvalue weighted by atomic mass is 10.3. The zero-order chi connectivity index (χ0) is 9.97. The van der Waals surface area contributed by atoms with Crippen LogP contribution in [0.4, 0.5) is 5.82 Å². The van der Waals surface area contributed by atoms with Gasteiger partial charge in [0.05, 0.1) is 18.2 Å². The summed E-state index contributed by atoms with van der Waals surface area (Å²) in [6.45, 7) is 0.709. The van der Waals surface area contributed by atoms with Crippen molar-refractivity contribution in [2.24, 2.45) is 0 Å². The smallest absolute Gasteiger partial charge is 0.152 e. The van der Waals surface area contributed by atoms with Gasteiger partial charge in [0.25, 0.3) is 0 Å². The lowest BCUT2D eigenvalue weighted by Crippen LogP contribution is -2.20. The molecule has 1 fully saturated rings. The summed E-state index contributed by atoms with van der Waals surface area (Å²) in [5, 5.41) is 19.3. The van der Waals surface area contributed by atoms with E-state index in [1.807, 2.05) is 6.07 Å². The van der Waals surface area contributed by atoms with Crippen molar-refractivity contribution >= 4 is 5.82 Å². The summed E-state index contributed by atoms with van der Waals surface area (Å²) in [6.07, 6.45) is 1.01. The number of hydroxylamine groups is 1. The number of aliphatic hydroxyl groups excluding tert-OH is 1. The molecule has 14 heavy (non-hydrogen) atoms. The number of nitriles is 1. The molecule has 1 saturated heterocycles. The van der Waals surface area contributed by atoms with Crippen LogP contribution in [0, 0.1) is 11.3 Å². The second-order valence-electron chi connectivity index (χ2n) is 3.03. The number of nitrogens with zero attached hydrogens (tertiary/aromatic N) is 3. The molecule has 0 aromatic carbocycles. The average molecular weight is 191 g/mol. The maximum absolute atomic E-state index is 9.21. The lowest BCUT2D eigenvalue weighted by Gasteiger charge is -2.13. The van der Waals surface area contributed by atoms with Gasteiger partial charge in [0.15, 0.2) is 5.82 Å². The molecule has 72 valence electrons. The molecule has 2 rings (SSSR count). The number of aliphatic hydroxyl groups is 1. The van der Waals surface area contributed by atoms with E-state index in [9.17, 15) is 5.11 Å². The SMILES string of the molecule is N#Cc1ccc(N2CC(O)CO2)nc1. The van der Waals surface area contributed by atoms with Crippen LogP contribution in [0.3, 0.4) is 0 Å². The number of aromatic nitrogens is 1. The number of rotatable bonds is 1. The van der Waals surface area contributed by atoms with Crippen LogP contribution in [0.25, 0.3) is 0 Å². The Labute approximate surface area is 81.1 Å². The van der Waals surface area contributed by atoms with Crippen LogP contribution in [0.5, 0.6) is 0 Å². The van der Waals surface area contributed by atoms with Crippen LogP contribution in [0.1, 0.15) is 5.56 Å². The van der Waals surface area contributed by atoms with Crippen molar-refractivity contribution in [3.63, 3.8) is 0 Å². The lowest BCUT2D eigenvalue weighted by molar-refractivity contribution is 0.115. The summed E-state index contributed by atoms with van der Waals surface area (Å²) in [6, 6.07) is 5.34. The van der Waals surface area contributed by atoms with E-state index in [1.54, 1.807) is 12.1 Å². The maximum Gasteiger partial charge on any atom is 0.152 e. The van der Waals surface area contributed by atoms with Gasteiger partial charge >= 0.3 is 0 Å². The van der Waals surface area contributed by atoms with E-state index >= 15 is 0 Å². The molecule has 1 aromatic heterocycles. The fourth-order valence-electron chi connectivity index (χ4n) is 1.23. The molecule has 0 bridgehead atoms. The highest BCUT2D eigenvalue weighted by Crippen LogP contribution is 2.16. The monoisotopic (exact) mass is 191 g/mol. The van der Waals surface area contributed by atoms with Gasteiger partial charge in [0, 0.05) is 6.20 Å². The summed E-state index contributed by atoms with van der Waals surface area (Å²) in [4.78, 5) is 9.20. The van der Waals surface area contributed by atoms with Crippen molar-refractivity contribution in [1.29, 1.82) is 5.26 Å². The Bertz CT molecular complexity index is 357. The summed E-state index contributed by atoms with van der Waals surface area (Å²) < 4.78 is 0. The van der Waals surface area contributed by atoms with Gasteiger partial charge in [-0.2, -0.15) is 5.26 Å². The Kier molecular flexibility index (Phi) is 2.31. The molecule has 0 radical (unpaired) electrons. The first-order chi connectivity index (χ1) is 6.79. The minimum atomic E-state index is -0.465. The second kappa shape index (κ2) is 3.62. The molecule has 1 aliphatic rings. The third-order valence-electron chi connectivity index (χ3n) is 1.93.